The van der Waals surface area contributed by atoms with Gasteiger partial charge in [-0.1, -0.05) is 31.0 Å². The molecule has 1 aromatic heterocycles. The molecule has 5 heteroatoms. The van der Waals surface area contributed by atoms with Gasteiger partial charge in [0.15, 0.2) is 5.78 Å². The number of nitrogens with zero attached hydrogens (tertiary/aromatic N) is 2. The van der Waals surface area contributed by atoms with Gasteiger partial charge in [-0.2, -0.15) is 0 Å². The largest absolute Gasteiger partial charge is 0.358 e. The molecule has 5 nitrogen and oxygen atoms in total. The van der Waals surface area contributed by atoms with Crippen LogP contribution in [0.4, 0.5) is 0 Å². The number of para-hydroxylation sites is 1. The van der Waals surface area contributed by atoms with Gasteiger partial charge < -0.3 is 9.88 Å². The average Bonchev–Trinajstić information content (AvgIpc) is 2.86. The number of rotatable bonds is 4. The summed E-state index contributed by atoms with van der Waals surface area (Å²) in [5.41, 5.74) is 2.78. The summed E-state index contributed by atoms with van der Waals surface area (Å²) in [4.78, 5) is 33.5. The monoisotopic (exact) mass is 381 g/mol. The molecular weight excluding hydrogens is 350 g/mol. The van der Waals surface area contributed by atoms with Crippen LogP contribution in [0.2, 0.25) is 0 Å². The van der Waals surface area contributed by atoms with Crippen LogP contribution in [0.5, 0.6) is 0 Å². The Balaban J connectivity index is 1.34. The Bertz CT molecular complexity index is 841. The number of Topliss-reactive ketones (excluding diaryl/α,β-unsaturated/α-hetero) is 1. The fourth-order valence-electron chi connectivity index (χ4n) is 4.81. The van der Waals surface area contributed by atoms with Crippen LogP contribution in [-0.4, -0.2) is 59.2 Å². The number of benzene rings is 1. The Morgan fingerprint density at radius 1 is 1.00 bits per heavy atom. The number of carbonyl (C=O) groups excluding carboxylic acids is 2. The number of aromatic nitrogens is 1. The summed E-state index contributed by atoms with van der Waals surface area (Å²) in [5.74, 6) is 0.659. The molecule has 0 bridgehead atoms. The molecule has 3 heterocycles. The van der Waals surface area contributed by atoms with Crippen LogP contribution in [-0.2, 0) is 4.79 Å². The first-order valence-electron chi connectivity index (χ1n) is 10.7. The number of carbonyl (C=O) groups is 2. The highest BCUT2D eigenvalue weighted by atomic mass is 16.2. The molecule has 2 fully saturated rings. The SMILES string of the molecule is Cc1[nH]c2ccccc2c1C(=O)CN1CCC(C(=O)N2CCCCCC2)CC1. The Hall–Kier alpha value is -2.14. The molecule has 1 amide bonds. The summed E-state index contributed by atoms with van der Waals surface area (Å²) in [5, 5.41) is 1.01. The maximum absolute atomic E-state index is 13.0. The fourth-order valence-corrected chi connectivity index (χ4v) is 4.81. The number of amides is 1. The molecular formula is C23H31N3O2. The molecule has 0 spiro atoms. The van der Waals surface area contributed by atoms with Crippen molar-refractivity contribution in [2.24, 2.45) is 5.92 Å². The molecule has 2 aromatic rings. The molecule has 28 heavy (non-hydrogen) atoms. The summed E-state index contributed by atoms with van der Waals surface area (Å²) in [7, 11) is 0. The molecule has 1 N–H and O–H groups in total. The summed E-state index contributed by atoms with van der Waals surface area (Å²) < 4.78 is 0. The third kappa shape index (κ3) is 4.00. The quantitative estimate of drug-likeness (QED) is 0.820. The van der Waals surface area contributed by atoms with Crippen LogP contribution in [0, 0.1) is 12.8 Å². The average molecular weight is 382 g/mol. The Morgan fingerprint density at radius 3 is 2.39 bits per heavy atom. The third-order valence-corrected chi connectivity index (χ3v) is 6.39. The van der Waals surface area contributed by atoms with Crippen molar-refractivity contribution in [1.82, 2.24) is 14.8 Å². The number of hydrogen-bond donors (Lipinski definition) is 1. The van der Waals surface area contributed by atoms with Gasteiger partial charge in [-0.3, -0.25) is 14.5 Å². The van der Waals surface area contributed by atoms with Gasteiger partial charge in [0.2, 0.25) is 5.91 Å². The zero-order valence-corrected chi connectivity index (χ0v) is 16.9. The predicted octanol–water partition coefficient (Wildman–Crippen LogP) is 3.77. The Kier molecular flexibility index (Phi) is 5.81. The van der Waals surface area contributed by atoms with Crippen molar-refractivity contribution in [3.63, 3.8) is 0 Å². The van der Waals surface area contributed by atoms with Crippen molar-refractivity contribution in [1.29, 1.82) is 0 Å². The Morgan fingerprint density at radius 2 is 1.68 bits per heavy atom. The lowest BCUT2D eigenvalue weighted by Crippen LogP contribution is -2.44. The molecule has 0 saturated carbocycles. The second kappa shape index (κ2) is 8.48. The van der Waals surface area contributed by atoms with Crippen LogP contribution >= 0.6 is 0 Å². The third-order valence-electron chi connectivity index (χ3n) is 6.39. The topological polar surface area (TPSA) is 56.4 Å². The van der Waals surface area contributed by atoms with E-state index in [1.807, 2.05) is 31.2 Å². The number of ketones is 1. The van der Waals surface area contributed by atoms with E-state index < -0.39 is 0 Å². The van der Waals surface area contributed by atoms with E-state index in [1.165, 1.54) is 12.8 Å². The lowest BCUT2D eigenvalue weighted by molar-refractivity contribution is -0.137. The normalized spacial score (nSPS) is 19.7. The number of aryl methyl sites for hydroxylation is 1. The van der Waals surface area contributed by atoms with Gasteiger partial charge in [0, 0.05) is 41.2 Å². The first-order valence-corrected chi connectivity index (χ1v) is 10.7. The van der Waals surface area contributed by atoms with E-state index >= 15 is 0 Å². The van der Waals surface area contributed by atoms with Gasteiger partial charge in [0.1, 0.15) is 0 Å². The van der Waals surface area contributed by atoms with Crippen LogP contribution in [0.3, 0.4) is 0 Å². The minimum Gasteiger partial charge on any atom is -0.358 e. The number of fused-ring (bicyclic) bond motifs is 1. The lowest BCUT2D eigenvalue weighted by atomic mass is 9.94. The number of H-pyrrole nitrogens is 1. The summed E-state index contributed by atoms with van der Waals surface area (Å²) in [6, 6.07) is 7.99. The second-order valence-corrected chi connectivity index (χ2v) is 8.38. The van der Waals surface area contributed by atoms with Gasteiger partial charge in [-0.25, -0.2) is 0 Å². The van der Waals surface area contributed by atoms with Crippen molar-refractivity contribution in [3.05, 3.63) is 35.5 Å². The standard InChI is InChI=1S/C23H31N3O2/c1-17-22(19-8-4-5-9-20(19)24-17)21(27)16-25-14-10-18(11-15-25)23(28)26-12-6-2-3-7-13-26/h4-5,8-9,18,24H,2-3,6-7,10-16H2,1H3. The van der Waals surface area contributed by atoms with E-state index in [4.69, 9.17) is 0 Å². The van der Waals surface area contributed by atoms with Crippen LogP contribution in [0.15, 0.2) is 24.3 Å². The zero-order chi connectivity index (χ0) is 19.5. The number of likely N-dealkylation sites (tertiary alicyclic amines) is 2. The predicted molar refractivity (Wildman–Crippen MR) is 112 cm³/mol. The van der Waals surface area contributed by atoms with Crippen molar-refractivity contribution >= 4 is 22.6 Å². The van der Waals surface area contributed by atoms with Crippen LogP contribution in [0.1, 0.15) is 54.6 Å². The molecule has 2 aliphatic rings. The minimum absolute atomic E-state index is 0.138. The fraction of sp³-hybridized carbons (Fsp3) is 0.565. The molecule has 0 atom stereocenters. The molecule has 4 rings (SSSR count). The summed E-state index contributed by atoms with van der Waals surface area (Å²) >= 11 is 0. The Labute approximate surface area is 167 Å². The number of aromatic amines is 1. The number of nitrogens with one attached hydrogen (secondary N) is 1. The molecule has 2 saturated heterocycles. The highest BCUT2D eigenvalue weighted by molar-refractivity contribution is 6.10. The first-order chi connectivity index (χ1) is 13.6. The highest BCUT2D eigenvalue weighted by Crippen LogP contribution is 2.25. The van der Waals surface area contributed by atoms with Gasteiger partial charge in [0.05, 0.1) is 6.54 Å². The van der Waals surface area contributed by atoms with Crippen molar-refractivity contribution in [2.75, 3.05) is 32.7 Å². The minimum atomic E-state index is 0.138. The van der Waals surface area contributed by atoms with E-state index in [2.05, 4.69) is 14.8 Å². The molecule has 0 aliphatic carbocycles. The first kappa shape index (κ1) is 19.2. The van der Waals surface area contributed by atoms with Crippen LogP contribution < -0.4 is 0 Å². The maximum atomic E-state index is 13.0. The molecule has 2 aliphatic heterocycles. The summed E-state index contributed by atoms with van der Waals surface area (Å²) in [6.07, 6.45) is 6.52. The van der Waals surface area contributed by atoms with Crippen molar-refractivity contribution in [2.45, 2.75) is 45.4 Å². The van der Waals surface area contributed by atoms with Gasteiger partial charge in [-0.05, 0) is 51.8 Å². The van der Waals surface area contributed by atoms with Crippen molar-refractivity contribution in [3.8, 4) is 0 Å². The van der Waals surface area contributed by atoms with E-state index in [-0.39, 0.29) is 11.7 Å². The highest BCUT2D eigenvalue weighted by Gasteiger charge is 2.30. The second-order valence-electron chi connectivity index (χ2n) is 8.38. The summed E-state index contributed by atoms with van der Waals surface area (Å²) in [6.45, 7) is 5.93. The zero-order valence-electron chi connectivity index (χ0n) is 16.9. The van der Waals surface area contributed by atoms with Gasteiger partial charge >= 0.3 is 0 Å². The number of piperidine rings is 1. The van der Waals surface area contributed by atoms with E-state index in [1.54, 1.807) is 0 Å². The van der Waals surface area contributed by atoms with E-state index in [0.29, 0.717) is 12.5 Å². The van der Waals surface area contributed by atoms with Gasteiger partial charge in [-0.15, -0.1) is 0 Å². The van der Waals surface area contributed by atoms with E-state index in [9.17, 15) is 9.59 Å². The van der Waals surface area contributed by atoms with Crippen LogP contribution in [0.25, 0.3) is 10.9 Å². The maximum Gasteiger partial charge on any atom is 0.225 e. The molecule has 150 valence electrons. The van der Waals surface area contributed by atoms with E-state index in [0.717, 1.165) is 74.0 Å². The molecule has 0 unspecified atom stereocenters. The van der Waals surface area contributed by atoms with Gasteiger partial charge in [0.25, 0.3) is 0 Å². The smallest absolute Gasteiger partial charge is 0.225 e. The number of hydrogen-bond acceptors (Lipinski definition) is 3. The molecule has 1 aromatic carbocycles. The molecule has 0 radical (unpaired) electrons. The lowest BCUT2D eigenvalue weighted by Gasteiger charge is -2.33. The van der Waals surface area contributed by atoms with Crippen molar-refractivity contribution < 1.29 is 9.59 Å².